The predicted molar refractivity (Wildman–Crippen MR) is 100 cm³/mol. The lowest BCUT2D eigenvalue weighted by atomic mass is 10.1. The molecule has 0 spiro atoms. The van der Waals surface area contributed by atoms with Crippen molar-refractivity contribution in [2.24, 2.45) is 22.2 Å². The molecule has 11 N–H and O–H groups in total. The molecule has 164 valence electrons. The molecule has 0 aromatic heterocycles. The summed E-state index contributed by atoms with van der Waals surface area (Å²) in [5, 5.41) is 24.6. The quantitative estimate of drug-likeness (QED) is 0.0819. The number of carboxylic acid groups (broad SMARTS) is 2. The van der Waals surface area contributed by atoms with E-state index in [0.717, 1.165) is 0 Å². The largest absolute Gasteiger partial charge is 0.481 e. The predicted octanol–water partition coefficient (Wildman–Crippen LogP) is -3.97. The van der Waals surface area contributed by atoms with Gasteiger partial charge < -0.3 is 43.4 Å². The fourth-order valence-electron chi connectivity index (χ4n) is 1.99. The van der Waals surface area contributed by atoms with Crippen molar-refractivity contribution >= 4 is 35.6 Å². The molecule has 3 amide bonds. The summed E-state index contributed by atoms with van der Waals surface area (Å²) >= 11 is 0. The van der Waals surface area contributed by atoms with E-state index < -0.39 is 60.8 Å². The average Bonchev–Trinajstić information content (AvgIpc) is 2.60. The Balaban J connectivity index is 4.91. The molecular formula is C15H27N7O7. The van der Waals surface area contributed by atoms with Crippen LogP contribution in [0.2, 0.25) is 0 Å². The zero-order valence-corrected chi connectivity index (χ0v) is 15.9. The standard InChI is InChI=1S/C15H27N7O7/c1-7(16)12(26)20-6-10(23)21-9(5-11(24)25)13(27)22-8(14(28)29)3-2-4-19-15(17)18/h7-9H,2-6,16H2,1H3,(H,20,26)(H,21,23)(H,22,27)(H,24,25)(H,28,29)(H4,17,18,19)/t7-,8-,9-/m0/s1. The Morgan fingerprint density at radius 2 is 1.62 bits per heavy atom. The van der Waals surface area contributed by atoms with E-state index >= 15 is 0 Å². The first kappa shape index (κ1) is 25.6. The highest BCUT2D eigenvalue weighted by Crippen LogP contribution is 2.01. The number of hydrogen-bond acceptors (Lipinski definition) is 7. The second-order valence-electron chi connectivity index (χ2n) is 6.07. The van der Waals surface area contributed by atoms with Crippen LogP contribution in [0.1, 0.15) is 26.2 Å². The van der Waals surface area contributed by atoms with E-state index in [0.29, 0.717) is 0 Å². The summed E-state index contributed by atoms with van der Waals surface area (Å²) in [5.41, 5.74) is 15.6. The number of aliphatic carboxylic acids is 2. The van der Waals surface area contributed by atoms with Crippen LogP contribution in [-0.2, 0) is 24.0 Å². The van der Waals surface area contributed by atoms with Crippen LogP contribution in [0, 0.1) is 0 Å². The molecule has 3 atom stereocenters. The summed E-state index contributed by atoms with van der Waals surface area (Å²) in [6.07, 6.45) is -0.594. The van der Waals surface area contributed by atoms with E-state index in [1.54, 1.807) is 0 Å². The van der Waals surface area contributed by atoms with Crippen LogP contribution in [-0.4, -0.2) is 77.0 Å². The van der Waals surface area contributed by atoms with Crippen LogP contribution in [0.5, 0.6) is 0 Å². The van der Waals surface area contributed by atoms with Gasteiger partial charge in [-0.1, -0.05) is 0 Å². The number of hydrogen-bond donors (Lipinski definition) is 8. The highest BCUT2D eigenvalue weighted by molar-refractivity contribution is 5.94. The van der Waals surface area contributed by atoms with Crippen molar-refractivity contribution in [2.75, 3.05) is 13.1 Å². The summed E-state index contributed by atoms with van der Waals surface area (Å²) in [4.78, 5) is 61.5. The van der Waals surface area contributed by atoms with Crippen molar-refractivity contribution in [3.8, 4) is 0 Å². The van der Waals surface area contributed by atoms with Crippen molar-refractivity contribution in [1.29, 1.82) is 0 Å². The van der Waals surface area contributed by atoms with E-state index in [1.807, 2.05) is 0 Å². The Kier molecular flexibility index (Phi) is 11.4. The van der Waals surface area contributed by atoms with Crippen LogP contribution >= 0.6 is 0 Å². The first-order valence-corrected chi connectivity index (χ1v) is 8.57. The molecule has 0 unspecified atom stereocenters. The molecule has 14 heteroatoms. The molecule has 0 saturated heterocycles. The molecule has 0 saturated carbocycles. The van der Waals surface area contributed by atoms with Gasteiger partial charge in [-0.2, -0.15) is 0 Å². The second-order valence-corrected chi connectivity index (χ2v) is 6.07. The summed E-state index contributed by atoms with van der Waals surface area (Å²) in [6.45, 7) is 0.994. The van der Waals surface area contributed by atoms with Crippen molar-refractivity contribution in [1.82, 2.24) is 16.0 Å². The molecule has 0 bridgehead atoms. The number of nitrogens with one attached hydrogen (secondary N) is 3. The minimum atomic E-state index is -1.55. The van der Waals surface area contributed by atoms with Crippen LogP contribution in [0.4, 0.5) is 0 Å². The van der Waals surface area contributed by atoms with E-state index in [4.69, 9.17) is 22.3 Å². The van der Waals surface area contributed by atoms with Gasteiger partial charge >= 0.3 is 11.9 Å². The third-order valence-electron chi connectivity index (χ3n) is 3.43. The number of carbonyl (C=O) groups is 5. The van der Waals surface area contributed by atoms with Gasteiger partial charge in [-0.15, -0.1) is 0 Å². The molecule has 0 aliphatic rings. The van der Waals surface area contributed by atoms with Crippen molar-refractivity contribution in [3.05, 3.63) is 0 Å². The maximum Gasteiger partial charge on any atom is 0.326 e. The lowest BCUT2D eigenvalue weighted by Crippen LogP contribution is -2.54. The van der Waals surface area contributed by atoms with Gasteiger partial charge in [0, 0.05) is 6.54 Å². The maximum atomic E-state index is 12.3. The molecular weight excluding hydrogens is 390 g/mol. The zero-order chi connectivity index (χ0) is 22.6. The van der Waals surface area contributed by atoms with Crippen molar-refractivity contribution < 1.29 is 34.2 Å². The highest BCUT2D eigenvalue weighted by atomic mass is 16.4. The first-order valence-electron chi connectivity index (χ1n) is 8.57. The fraction of sp³-hybridized carbons (Fsp3) is 0.600. The Morgan fingerprint density at radius 1 is 1.00 bits per heavy atom. The molecule has 0 aromatic rings. The molecule has 0 fully saturated rings. The Hall–Kier alpha value is -3.42. The van der Waals surface area contributed by atoms with Gasteiger partial charge in [0.15, 0.2) is 5.96 Å². The lowest BCUT2D eigenvalue weighted by molar-refractivity contribution is -0.143. The summed E-state index contributed by atoms with van der Waals surface area (Å²) in [5.74, 6) is -5.39. The Morgan fingerprint density at radius 3 is 2.10 bits per heavy atom. The van der Waals surface area contributed by atoms with Gasteiger partial charge in [0.05, 0.1) is 19.0 Å². The maximum absolute atomic E-state index is 12.3. The van der Waals surface area contributed by atoms with Gasteiger partial charge in [0.2, 0.25) is 17.7 Å². The fourth-order valence-corrected chi connectivity index (χ4v) is 1.99. The monoisotopic (exact) mass is 417 g/mol. The number of nitrogens with two attached hydrogens (primary N) is 3. The minimum absolute atomic E-state index is 0.0317. The lowest BCUT2D eigenvalue weighted by Gasteiger charge is -2.20. The normalized spacial score (nSPS) is 13.3. The number of carboxylic acids is 2. The van der Waals surface area contributed by atoms with Crippen molar-refractivity contribution in [3.63, 3.8) is 0 Å². The number of nitrogens with zero attached hydrogens (tertiary/aromatic N) is 1. The van der Waals surface area contributed by atoms with Gasteiger partial charge in [0.25, 0.3) is 0 Å². The van der Waals surface area contributed by atoms with Gasteiger partial charge in [-0.25, -0.2) is 4.79 Å². The number of aliphatic imine (C=N–C) groups is 1. The highest BCUT2D eigenvalue weighted by Gasteiger charge is 2.28. The third-order valence-corrected chi connectivity index (χ3v) is 3.43. The minimum Gasteiger partial charge on any atom is -0.481 e. The molecule has 0 radical (unpaired) electrons. The van der Waals surface area contributed by atoms with E-state index in [9.17, 15) is 29.1 Å². The Labute approximate surface area is 166 Å². The average molecular weight is 417 g/mol. The third kappa shape index (κ3) is 11.8. The van der Waals surface area contributed by atoms with Crippen molar-refractivity contribution in [2.45, 2.75) is 44.3 Å². The molecule has 0 aliphatic heterocycles. The van der Waals surface area contributed by atoms with Crippen LogP contribution in [0.25, 0.3) is 0 Å². The van der Waals surface area contributed by atoms with Crippen LogP contribution < -0.4 is 33.2 Å². The number of carbonyl (C=O) groups excluding carboxylic acids is 3. The zero-order valence-electron chi connectivity index (χ0n) is 15.9. The summed E-state index contributed by atoms with van der Waals surface area (Å²) in [7, 11) is 0. The molecule has 0 aromatic carbocycles. The van der Waals surface area contributed by atoms with E-state index in [-0.39, 0.29) is 25.3 Å². The molecule has 0 aliphatic carbocycles. The van der Waals surface area contributed by atoms with E-state index in [1.165, 1.54) is 6.92 Å². The SMILES string of the molecule is C[C@H](N)C(=O)NCC(=O)N[C@@H](CC(=O)O)C(=O)N[C@@H](CCCN=C(N)N)C(=O)O. The summed E-state index contributed by atoms with van der Waals surface area (Å²) in [6, 6.07) is -3.76. The molecule has 29 heavy (non-hydrogen) atoms. The smallest absolute Gasteiger partial charge is 0.326 e. The topological polar surface area (TPSA) is 252 Å². The van der Waals surface area contributed by atoms with Gasteiger partial charge in [-0.3, -0.25) is 24.2 Å². The number of amides is 3. The first-order chi connectivity index (χ1) is 13.4. The summed E-state index contributed by atoms with van der Waals surface area (Å²) < 4.78 is 0. The second kappa shape index (κ2) is 12.9. The van der Waals surface area contributed by atoms with Gasteiger partial charge in [-0.05, 0) is 19.8 Å². The number of rotatable bonds is 13. The molecule has 14 nitrogen and oxygen atoms in total. The molecule has 0 heterocycles. The number of guanidine groups is 1. The van der Waals surface area contributed by atoms with Crippen LogP contribution in [0.15, 0.2) is 4.99 Å². The van der Waals surface area contributed by atoms with Gasteiger partial charge in [0.1, 0.15) is 12.1 Å². The van der Waals surface area contributed by atoms with Crippen LogP contribution in [0.3, 0.4) is 0 Å². The van der Waals surface area contributed by atoms with E-state index in [2.05, 4.69) is 20.9 Å². The Bertz CT molecular complexity index is 647. The molecule has 0 rings (SSSR count).